The summed E-state index contributed by atoms with van der Waals surface area (Å²) in [6, 6.07) is 11.6. The van der Waals surface area contributed by atoms with E-state index in [9.17, 15) is 9.59 Å². The van der Waals surface area contributed by atoms with Crippen LogP contribution in [0, 0.1) is 6.92 Å². The minimum atomic E-state index is -0.106. The Kier molecular flexibility index (Phi) is 7.31. The van der Waals surface area contributed by atoms with Gasteiger partial charge >= 0.3 is 0 Å². The van der Waals surface area contributed by atoms with Gasteiger partial charge in [-0.15, -0.1) is 11.8 Å². The van der Waals surface area contributed by atoms with Crippen molar-refractivity contribution < 1.29 is 9.59 Å². The van der Waals surface area contributed by atoms with E-state index in [2.05, 4.69) is 20.5 Å². The SMILES string of the molecule is Cc1ccc(NC(=O)CSCC(=O)NCc2ccnc(N3CCCC3)c2)cc1. The van der Waals surface area contributed by atoms with Crippen LogP contribution in [-0.4, -0.2) is 41.4 Å². The van der Waals surface area contributed by atoms with Crippen LogP contribution in [0.5, 0.6) is 0 Å². The van der Waals surface area contributed by atoms with Gasteiger partial charge in [0.1, 0.15) is 5.82 Å². The van der Waals surface area contributed by atoms with Gasteiger partial charge in [-0.1, -0.05) is 17.7 Å². The van der Waals surface area contributed by atoms with Gasteiger partial charge in [-0.2, -0.15) is 0 Å². The van der Waals surface area contributed by atoms with Crippen LogP contribution in [-0.2, 0) is 16.1 Å². The molecule has 2 N–H and O–H groups in total. The Bertz CT molecular complexity index is 804. The number of amides is 2. The van der Waals surface area contributed by atoms with E-state index in [1.54, 1.807) is 6.20 Å². The van der Waals surface area contributed by atoms with E-state index in [4.69, 9.17) is 0 Å². The van der Waals surface area contributed by atoms with Gasteiger partial charge in [0.15, 0.2) is 0 Å². The van der Waals surface area contributed by atoms with Crippen molar-refractivity contribution >= 4 is 35.1 Å². The molecule has 2 aromatic rings. The normalized spacial score (nSPS) is 13.4. The quantitative estimate of drug-likeness (QED) is 0.715. The first-order chi connectivity index (χ1) is 13.6. The van der Waals surface area contributed by atoms with Gasteiger partial charge in [0.2, 0.25) is 11.8 Å². The average Bonchev–Trinajstić information content (AvgIpc) is 3.23. The summed E-state index contributed by atoms with van der Waals surface area (Å²) >= 11 is 1.31. The fourth-order valence-electron chi connectivity index (χ4n) is 3.01. The van der Waals surface area contributed by atoms with E-state index >= 15 is 0 Å². The van der Waals surface area contributed by atoms with Crippen molar-refractivity contribution in [3.63, 3.8) is 0 Å². The number of anilines is 2. The molecule has 3 rings (SSSR count). The minimum absolute atomic E-state index is 0.0762. The lowest BCUT2D eigenvalue weighted by molar-refractivity contribution is -0.118. The Hall–Kier alpha value is -2.54. The van der Waals surface area contributed by atoms with Crippen molar-refractivity contribution in [3.8, 4) is 0 Å². The standard InChI is InChI=1S/C21H26N4O2S/c1-16-4-6-18(7-5-16)24-21(27)15-28-14-20(26)23-13-17-8-9-22-19(12-17)25-10-2-3-11-25/h4-9,12H,2-3,10-11,13-15H2,1H3,(H,23,26)(H,24,27). The van der Waals surface area contributed by atoms with E-state index in [-0.39, 0.29) is 23.3 Å². The number of aromatic nitrogens is 1. The van der Waals surface area contributed by atoms with Crippen LogP contribution >= 0.6 is 11.8 Å². The molecule has 28 heavy (non-hydrogen) atoms. The van der Waals surface area contributed by atoms with Crippen LogP contribution < -0.4 is 15.5 Å². The van der Waals surface area contributed by atoms with E-state index < -0.39 is 0 Å². The lowest BCUT2D eigenvalue weighted by Crippen LogP contribution is -2.26. The van der Waals surface area contributed by atoms with Crippen molar-refractivity contribution in [2.75, 3.05) is 34.8 Å². The second-order valence-electron chi connectivity index (χ2n) is 6.90. The van der Waals surface area contributed by atoms with Crippen LogP contribution in [0.4, 0.5) is 11.5 Å². The number of pyridine rings is 1. The zero-order valence-corrected chi connectivity index (χ0v) is 16.9. The van der Waals surface area contributed by atoms with Gasteiger partial charge in [0.05, 0.1) is 11.5 Å². The van der Waals surface area contributed by atoms with Crippen molar-refractivity contribution in [3.05, 3.63) is 53.7 Å². The molecule has 2 heterocycles. The fourth-order valence-corrected chi connectivity index (χ4v) is 3.66. The van der Waals surface area contributed by atoms with Crippen LogP contribution in [0.3, 0.4) is 0 Å². The number of carbonyl (C=O) groups is 2. The maximum absolute atomic E-state index is 12.0. The molecule has 2 amide bonds. The number of hydrogen-bond donors (Lipinski definition) is 2. The molecule has 6 nitrogen and oxygen atoms in total. The first-order valence-electron chi connectivity index (χ1n) is 9.51. The summed E-state index contributed by atoms with van der Waals surface area (Å²) in [6.45, 7) is 4.56. The maximum Gasteiger partial charge on any atom is 0.234 e. The predicted molar refractivity (Wildman–Crippen MR) is 115 cm³/mol. The molecule has 0 radical (unpaired) electrons. The Morgan fingerprint density at radius 2 is 1.79 bits per heavy atom. The number of rotatable bonds is 8. The molecule has 7 heteroatoms. The maximum atomic E-state index is 12.0. The predicted octanol–water partition coefficient (Wildman–Crippen LogP) is 2.98. The summed E-state index contributed by atoms with van der Waals surface area (Å²) < 4.78 is 0. The zero-order valence-electron chi connectivity index (χ0n) is 16.1. The molecule has 1 saturated heterocycles. The van der Waals surface area contributed by atoms with Crippen molar-refractivity contribution in [1.82, 2.24) is 10.3 Å². The number of benzene rings is 1. The lowest BCUT2D eigenvalue weighted by Gasteiger charge is -2.17. The van der Waals surface area contributed by atoms with Crippen molar-refractivity contribution in [2.24, 2.45) is 0 Å². The van der Waals surface area contributed by atoms with Crippen LogP contribution in [0.1, 0.15) is 24.0 Å². The van der Waals surface area contributed by atoms with Crippen molar-refractivity contribution in [1.29, 1.82) is 0 Å². The fraction of sp³-hybridized carbons (Fsp3) is 0.381. The lowest BCUT2D eigenvalue weighted by atomic mass is 10.2. The third-order valence-electron chi connectivity index (χ3n) is 4.53. The highest BCUT2D eigenvalue weighted by atomic mass is 32.2. The number of carbonyl (C=O) groups excluding carboxylic acids is 2. The highest BCUT2D eigenvalue weighted by Crippen LogP contribution is 2.18. The number of aryl methyl sites for hydroxylation is 1. The molecular formula is C21H26N4O2S. The summed E-state index contributed by atoms with van der Waals surface area (Å²) in [5, 5.41) is 5.74. The van der Waals surface area contributed by atoms with Crippen LogP contribution in [0.25, 0.3) is 0 Å². The highest BCUT2D eigenvalue weighted by molar-refractivity contribution is 8.00. The molecule has 0 saturated carbocycles. The van der Waals surface area contributed by atoms with Gasteiger partial charge in [0, 0.05) is 31.5 Å². The highest BCUT2D eigenvalue weighted by Gasteiger charge is 2.13. The summed E-state index contributed by atoms with van der Waals surface area (Å²) in [6.07, 6.45) is 4.20. The Morgan fingerprint density at radius 3 is 2.54 bits per heavy atom. The Morgan fingerprint density at radius 1 is 1.07 bits per heavy atom. The molecule has 148 valence electrons. The second-order valence-corrected chi connectivity index (χ2v) is 7.89. The third kappa shape index (κ3) is 6.27. The number of nitrogens with zero attached hydrogens (tertiary/aromatic N) is 2. The van der Waals surface area contributed by atoms with Crippen LogP contribution in [0.2, 0.25) is 0 Å². The number of thioether (sulfide) groups is 1. The van der Waals surface area contributed by atoms with Crippen LogP contribution in [0.15, 0.2) is 42.6 Å². The van der Waals surface area contributed by atoms with E-state index in [0.717, 1.165) is 35.7 Å². The third-order valence-corrected chi connectivity index (χ3v) is 5.46. The molecule has 0 unspecified atom stereocenters. The summed E-state index contributed by atoms with van der Waals surface area (Å²) in [7, 11) is 0. The van der Waals surface area contributed by atoms with Gasteiger partial charge in [-0.25, -0.2) is 4.98 Å². The average molecular weight is 399 g/mol. The first kappa shape index (κ1) is 20.2. The molecule has 1 aromatic heterocycles. The van der Waals surface area contributed by atoms with Gasteiger partial charge < -0.3 is 15.5 Å². The van der Waals surface area contributed by atoms with E-state index in [1.165, 1.54) is 24.6 Å². The molecular weight excluding hydrogens is 372 g/mol. The summed E-state index contributed by atoms with van der Waals surface area (Å²) in [5.74, 6) is 1.30. The molecule has 0 atom stereocenters. The molecule has 0 spiro atoms. The smallest absolute Gasteiger partial charge is 0.234 e. The minimum Gasteiger partial charge on any atom is -0.357 e. The first-order valence-corrected chi connectivity index (χ1v) is 10.7. The topological polar surface area (TPSA) is 74.3 Å². The molecule has 1 aliphatic heterocycles. The largest absolute Gasteiger partial charge is 0.357 e. The van der Waals surface area contributed by atoms with E-state index in [1.807, 2.05) is 43.3 Å². The molecule has 1 fully saturated rings. The van der Waals surface area contributed by atoms with Gasteiger partial charge in [-0.05, 0) is 49.6 Å². The zero-order chi connectivity index (χ0) is 19.8. The monoisotopic (exact) mass is 398 g/mol. The van der Waals surface area contributed by atoms with Crippen molar-refractivity contribution in [2.45, 2.75) is 26.3 Å². The number of hydrogen-bond acceptors (Lipinski definition) is 5. The summed E-state index contributed by atoms with van der Waals surface area (Å²) in [4.78, 5) is 30.7. The summed E-state index contributed by atoms with van der Waals surface area (Å²) in [5.41, 5.74) is 2.95. The Labute approximate surface area is 170 Å². The Balaban J connectivity index is 1.36. The molecule has 0 aliphatic carbocycles. The molecule has 1 aromatic carbocycles. The van der Waals surface area contributed by atoms with Gasteiger partial charge in [-0.3, -0.25) is 9.59 Å². The van der Waals surface area contributed by atoms with Gasteiger partial charge in [0.25, 0.3) is 0 Å². The van der Waals surface area contributed by atoms with E-state index in [0.29, 0.717) is 6.54 Å². The molecule has 1 aliphatic rings. The molecule has 0 bridgehead atoms. The number of nitrogens with one attached hydrogen (secondary N) is 2. The second kappa shape index (κ2) is 10.1.